The molecule has 0 fully saturated rings. The van der Waals surface area contributed by atoms with Crippen LogP contribution in [0.2, 0.25) is 0 Å². The lowest BCUT2D eigenvalue weighted by molar-refractivity contribution is 0.722. The molecule has 2 atom stereocenters. The molecule has 0 saturated carbocycles. The van der Waals surface area contributed by atoms with Crippen LogP contribution in [0.5, 0.6) is 0 Å². The van der Waals surface area contributed by atoms with Gasteiger partial charge in [-0.05, 0) is 49.9 Å². The second-order valence-electron chi connectivity index (χ2n) is 5.86. The summed E-state index contributed by atoms with van der Waals surface area (Å²) in [5.41, 5.74) is 11.4. The van der Waals surface area contributed by atoms with Crippen molar-refractivity contribution in [3.05, 3.63) is 59.7 Å². The Morgan fingerprint density at radius 3 is 2.50 bits per heavy atom. The van der Waals surface area contributed by atoms with Crippen LogP contribution in [0, 0.1) is 0 Å². The monoisotopic (exact) mass is 266 g/mol. The molecule has 0 aromatic heterocycles. The number of para-hydroxylation sites is 2. The fourth-order valence-electron chi connectivity index (χ4n) is 3.20. The summed E-state index contributed by atoms with van der Waals surface area (Å²) in [6, 6.07) is 18.0. The zero-order valence-corrected chi connectivity index (χ0v) is 12.2. The highest BCUT2D eigenvalue weighted by molar-refractivity contribution is 5.73. The summed E-state index contributed by atoms with van der Waals surface area (Å²) in [5, 5.41) is 0. The van der Waals surface area contributed by atoms with E-state index < -0.39 is 0 Å². The molecule has 2 heteroatoms. The topological polar surface area (TPSA) is 29.3 Å². The molecule has 0 spiro atoms. The number of nitrogens with zero attached hydrogens (tertiary/aromatic N) is 1. The first-order valence-corrected chi connectivity index (χ1v) is 7.37. The van der Waals surface area contributed by atoms with Crippen LogP contribution in [-0.2, 0) is 12.8 Å². The van der Waals surface area contributed by atoms with E-state index in [4.69, 9.17) is 5.73 Å². The molecule has 0 aliphatic carbocycles. The van der Waals surface area contributed by atoms with Crippen LogP contribution >= 0.6 is 0 Å². The molecule has 2 aromatic rings. The minimum atomic E-state index is 0.185. The van der Waals surface area contributed by atoms with Gasteiger partial charge >= 0.3 is 0 Å². The van der Waals surface area contributed by atoms with Crippen molar-refractivity contribution in [2.75, 3.05) is 4.90 Å². The lowest BCUT2D eigenvalue weighted by atomic mass is 10.0. The Balaban J connectivity index is 2.05. The molecular weight excluding hydrogens is 244 g/mol. The molecule has 1 aliphatic heterocycles. The number of anilines is 2. The van der Waals surface area contributed by atoms with E-state index in [2.05, 4.69) is 67.3 Å². The van der Waals surface area contributed by atoms with E-state index >= 15 is 0 Å². The second kappa shape index (κ2) is 5.29. The maximum absolute atomic E-state index is 6.00. The minimum absolute atomic E-state index is 0.185. The summed E-state index contributed by atoms with van der Waals surface area (Å²) >= 11 is 0. The Kier molecular flexibility index (Phi) is 3.49. The van der Waals surface area contributed by atoms with Crippen LogP contribution in [0.15, 0.2) is 48.5 Å². The number of hydrogen-bond donors (Lipinski definition) is 1. The second-order valence-corrected chi connectivity index (χ2v) is 5.86. The lowest BCUT2D eigenvalue weighted by Gasteiger charge is -2.28. The van der Waals surface area contributed by atoms with Gasteiger partial charge in [-0.15, -0.1) is 0 Å². The summed E-state index contributed by atoms with van der Waals surface area (Å²) < 4.78 is 0. The molecule has 0 radical (unpaired) electrons. The van der Waals surface area contributed by atoms with Crippen molar-refractivity contribution in [1.29, 1.82) is 0 Å². The van der Waals surface area contributed by atoms with Crippen LogP contribution in [0.25, 0.3) is 0 Å². The lowest BCUT2D eigenvalue weighted by Crippen LogP contribution is -2.26. The molecule has 2 aromatic carbocycles. The quantitative estimate of drug-likeness (QED) is 0.918. The molecule has 104 valence electrons. The zero-order chi connectivity index (χ0) is 14.1. The summed E-state index contributed by atoms with van der Waals surface area (Å²) in [7, 11) is 0. The highest BCUT2D eigenvalue weighted by Gasteiger charge is 2.27. The predicted octanol–water partition coefficient (Wildman–Crippen LogP) is 3.66. The van der Waals surface area contributed by atoms with Crippen molar-refractivity contribution in [2.45, 2.75) is 38.8 Å². The molecule has 20 heavy (non-hydrogen) atoms. The molecule has 1 heterocycles. The van der Waals surface area contributed by atoms with Gasteiger partial charge in [0.2, 0.25) is 0 Å². The molecule has 0 bridgehead atoms. The van der Waals surface area contributed by atoms with Gasteiger partial charge in [0.25, 0.3) is 0 Å². The smallest absolute Gasteiger partial charge is 0.0446 e. The first-order valence-electron chi connectivity index (χ1n) is 7.37. The molecular formula is C18H22N2. The largest absolute Gasteiger partial charge is 0.338 e. The molecule has 1 aliphatic rings. The van der Waals surface area contributed by atoms with Crippen LogP contribution in [0.3, 0.4) is 0 Å². The third kappa shape index (κ3) is 2.32. The van der Waals surface area contributed by atoms with Crippen LogP contribution in [-0.4, -0.2) is 12.1 Å². The van der Waals surface area contributed by atoms with Gasteiger partial charge in [-0.25, -0.2) is 0 Å². The number of fused-ring (bicyclic) bond motifs is 1. The van der Waals surface area contributed by atoms with E-state index in [0.717, 1.165) is 12.8 Å². The van der Waals surface area contributed by atoms with Crippen LogP contribution < -0.4 is 10.6 Å². The minimum Gasteiger partial charge on any atom is -0.338 e. The van der Waals surface area contributed by atoms with Gasteiger partial charge in [0, 0.05) is 23.5 Å². The van der Waals surface area contributed by atoms with Gasteiger partial charge in [-0.1, -0.05) is 36.4 Å². The summed E-state index contributed by atoms with van der Waals surface area (Å²) in [4.78, 5) is 2.47. The number of rotatable bonds is 3. The van der Waals surface area contributed by atoms with Crippen molar-refractivity contribution in [1.82, 2.24) is 0 Å². The van der Waals surface area contributed by atoms with E-state index in [0.29, 0.717) is 6.04 Å². The Morgan fingerprint density at radius 2 is 1.75 bits per heavy atom. The summed E-state index contributed by atoms with van der Waals surface area (Å²) in [5.74, 6) is 0. The zero-order valence-electron chi connectivity index (χ0n) is 12.2. The Morgan fingerprint density at radius 1 is 1.10 bits per heavy atom. The Labute approximate surface area is 121 Å². The van der Waals surface area contributed by atoms with Crippen molar-refractivity contribution in [3.8, 4) is 0 Å². The van der Waals surface area contributed by atoms with Crippen LogP contribution in [0.1, 0.15) is 25.0 Å². The molecule has 2 nitrogen and oxygen atoms in total. The normalized spacial score (nSPS) is 18.9. The maximum atomic E-state index is 6.00. The SMILES string of the molecule is CC(N)Cc1ccccc1N1c2ccccc2CC1C. The van der Waals surface area contributed by atoms with Crippen molar-refractivity contribution < 1.29 is 0 Å². The fraction of sp³-hybridized carbons (Fsp3) is 0.333. The van der Waals surface area contributed by atoms with E-state index in [-0.39, 0.29) is 6.04 Å². The van der Waals surface area contributed by atoms with Gasteiger partial charge in [-0.2, -0.15) is 0 Å². The fourth-order valence-corrected chi connectivity index (χ4v) is 3.20. The van der Waals surface area contributed by atoms with E-state index in [1.165, 1.54) is 22.5 Å². The summed E-state index contributed by atoms with van der Waals surface area (Å²) in [6.07, 6.45) is 2.03. The van der Waals surface area contributed by atoms with E-state index in [1.807, 2.05) is 0 Å². The van der Waals surface area contributed by atoms with Gasteiger partial charge in [-0.3, -0.25) is 0 Å². The van der Waals surface area contributed by atoms with Gasteiger partial charge in [0.15, 0.2) is 0 Å². The van der Waals surface area contributed by atoms with Crippen LogP contribution in [0.4, 0.5) is 11.4 Å². The Hall–Kier alpha value is -1.80. The van der Waals surface area contributed by atoms with Crippen molar-refractivity contribution in [2.24, 2.45) is 5.73 Å². The van der Waals surface area contributed by atoms with Crippen molar-refractivity contribution in [3.63, 3.8) is 0 Å². The van der Waals surface area contributed by atoms with E-state index in [1.54, 1.807) is 0 Å². The molecule has 0 saturated heterocycles. The third-order valence-electron chi connectivity index (χ3n) is 4.00. The maximum Gasteiger partial charge on any atom is 0.0446 e. The molecule has 2 unspecified atom stereocenters. The Bertz CT molecular complexity index is 604. The summed E-state index contributed by atoms with van der Waals surface area (Å²) in [6.45, 7) is 4.36. The molecule has 0 amide bonds. The van der Waals surface area contributed by atoms with Gasteiger partial charge in [0.05, 0.1) is 0 Å². The molecule has 2 N–H and O–H groups in total. The third-order valence-corrected chi connectivity index (χ3v) is 4.00. The van der Waals surface area contributed by atoms with Gasteiger partial charge < -0.3 is 10.6 Å². The number of hydrogen-bond acceptors (Lipinski definition) is 2. The van der Waals surface area contributed by atoms with Crippen molar-refractivity contribution >= 4 is 11.4 Å². The number of benzene rings is 2. The number of nitrogens with two attached hydrogens (primary N) is 1. The highest BCUT2D eigenvalue weighted by Crippen LogP contribution is 2.39. The van der Waals surface area contributed by atoms with E-state index in [9.17, 15) is 0 Å². The highest BCUT2D eigenvalue weighted by atomic mass is 15.2. The predicted molar refractivity (Wildman–Crippen MR) is 85.5 cm³/mol. The first-order chi connectivity index (χ1) is 9.66. The molecule has 3 rings (SSSR count). The van der Waals surface area contributed by atoms with Gasteiger partial charge in [0.1, 0.15) is 0 Å². The average Bonchev–Trinajstić information content (AvgIpc) is 2.75. The first kappa shape index (κ1) is 13.2. The standard InChI is InChI=1S/C18H22N2/c1-13(19)11-15-7-3-5-9-17(15)20-14(2)12-16-8-4-6-10-18(16)20/h3-10,13-14H,11-12,19H2,1-2H3. The average molecular weight is 266 g/mol.